The second kappa shape index (κ2) is 8.55. The topological polar surface area (TPSA) is 54.4 Å². The lowest BCUT2D eigenvalue weighted by Crippen LogP contribution is -2.50. The summed E-state index contributed by atoms with van der Waals surface area (Å²) in [6.07, 6.45) is 13.3. The van der Waals surface area contributed by atoms with E-state index in [1.54, 1.807) is 6.08 Å². The number of hydrogen-bond donors (Lipinski definition) is 1. The number of carboxylic acids is 1. The molecule has 3 aliphatic carbocycles. The summed E-state index contributed by atoms with van der Waals surface area (Å²) >= 11 is 0. The zero-order chi connectivity index (χ0) is 21.4. The van der Waals surface area contributed by atoms with E-state index in [2.05, 4.69) is 34.6 Å². The van der Waals surface area contributed by atoms with Crippen molar-refractivity contribution in [1.82, 2.24) is 0 Å². The van der Waals surface area contributed by atoms with Crippen LogP contribution in [0.4, 0.5) is 0 Å². The van der Waals surface area contributed by atoms with Gasteiger partial charge >= 0.3 is 5.97 Å². The normalized spacial score (nSPS) is 40.8. The third kappa shape index (κ3) is 4.35. The number of hydrogen-bond acceptors (Lipinski definition) is 2. The van der Waals surface area contributed by atoms with Crippen molar-refractivity contribution in [2.75, 3.05) is 0 Å². The molecule has 0 aliphatic heterocycles. The smallest absolute Gasteiger partial charge is 0.307 e. The second-order valence-corrected chi connectivity index (χ2v) is 11.4. The number of carboxylic acid groups (broad SMARTS) is 1. The van der Waals surface area contributed by atoms with Gasteiger partial charge in [-0.2, -0.15) is 0 Å². The van der Waals surface area contributed by atoms with Crippen molar-refractivity contribution < 1.29 is 14.7 Å². The monoisotopic (exact) mass is 402 g/mol. The average molecular weight is 403 g/mol. The minimum Gasteiger partial charge on any atom is -0.481 e. The predicted molar refractivity (Wildman–Crippen MR) is 118 cm³/mol. The van der Waals surface area contributed by atoms with Crippen LogP contribution in [0, 0.1) is 46.3 Å². The van der Waals surface area contributed by atoms with E-state index in [1.165, 1.54) is 25.7 Å². The number of fused-ring (bicyclic) bond motifs is 1. The van der Waals surface area contributed by atoms with Gasteiger partial charge in [0.2, 0.25) is 0 Å². The number of ketones is 1. The molecular weight excluding hydrogens is 360 g/mol. The van der Waals surface area contributed by atoms with E-state index in [9.17, 15) is 14.7 Å². The van der Waals surface area contributed by atoms with Gasteiger partial charge in [-0.15, -0.1) is 0 Å². The molecule has 2 fully saturated rings. The zero-order valence-corrected chi connectivity index (χ0v) is 19.2. The van der Waals surface area contributed by atoms with Crippen molar-refractivity contribution in [3.05, 3.63) is 12.2 Å². The van der Waals surface area contributed by atoms with Gasteiger partial charge in [0.1, 0.15) is 0 Å². The summed E-state index contributed by atoms with van der Waals surface area (Å²) in [7, 11) is 0. The Bertz CT molecular complexity index is 650. The van der Waals surface area contributed by atoms with Crippen LogP contribution in [0.5, 0.6) is 0 Å². The lowest BCUT2D eigenvalue weighted by atomic mass is 9.51. The van der Waals surface area contributed by atoms with E-state index >= 15 is 0 Å². The van der Waals surface area contributed by atoms with Gasteiger partial charge in [-0.1, -0.05) is 60.0 Å². The molecule has 0 aromatic rings. The molecule has 1 N–H and O–H groups in total. The van der Waals surface area contributed by atoms with Crippen molar-refractivity contribution in [2.24, 2.45) is 46.3 Å². The van der Waals surface area contributed by atoms with Crippen molar-refractivity contribution in [2.45, 2.75) is 92.4 Å². The van der Waals surface area contributed by atoms with E-state index in [4.69, 9.17) is 0 Å². The molecule has 3 rings (SSSR count). The Hall–Kier alpha value is -1.12. The molecular formula is C26H42O3. The van der Waals surface area contributed by atoms with Gasteiger partial charge in [0.05, 0.1) is 5.92 Å². The predicted octanol–water partition coefficient (Wildman–Crippen LogP) is 6.52. The van der Waals surface area contributed by atoms with Crippen molar-refractivity contribution in [3.8, 4) is 0 Å². The first-order valence-electron chi connectivity index (χ1n) is 12.0. The molecule has 0 bridgehead atoms. The molecule has 164 valence electrons. The highest BCUT2D eigenvalue weighted by molar-refractivity contribution is 5.90. The summed E-state index contributed by atoms with van der Waals surface area (Å²) < 4.78 is 0. The number of aliphatic carboxylic acids is 1. The zero-order valence-electron chi connectivity index (χ0n) is 19.2. The van der Waals surface area contributed by atoms with Crippen LogP contribution in [-0.2, 0) is 9.59 Å². The van der Waals surface area contributed by atoms with Crippen molar-refractivity contribution in [3.63, 3.8) is 0 Å². The lowest BCUT2D eigenvalue weighted by molar-refractivity contribution is -0.156. The molecule has 3 aliphatic rings. The highest BCUT2D eigenvalue weighted by Crippen LogP contribution is 2.64. The molecule has 0 aromatic heterocycles. The molecule has 29 heavy (non-hydrogen) atoms. The van der Waals surface area contributed by atoms with Gasteiger partial charge in [0, 0.05) is 6.42 Å². The van der Waals surface area contributed by atoms with Crippen LogP contribution in [-0.4, -0.2) is 16.9 Å². The third-order valence-electron chi connectivity index (χ3n) is 9.16. The fraction of sp³-hybridized carbons (Fsp3) is 0.846. The highest BCUT2D eigenvalue weighted by Gasteiger charge is 2.59. The van der Waals surface area contributed by atoms with E-state index in [-0.39, 0.29) is 34.4 Å². The Morgan fingerprint density at radius 3 is 2.41 bits per heavy atom. The van der Waals surface area contributed by atoms with Crippen LogP contribution in [0.25, 0.3) is 0 Å². The van der Waals surface area contributed by atoms with Crippen molar-refractivity contribution in [1.29, 1.82) is 0 Å². The number of carbonyl (C=O) groups is 2. The Morgan fingerprint density at radius 1 is 1.10 bits per heavy atom. The first kappa shape index (κ1) is 22.6. The molecule has 0 unspecified atom stereocenters. The lowest BCUT2D eigenvalue weighted by Gasteiger charge is -2.53. The van der Waals surface area contributed by atoms with Crippen LogP contribution in [0.15, 0.2) is 12.2 Å². The van der Waals surface area contributed by atoms with Gasteiger partial charge in [-0.05, 0) is 78.6 Å². The van der Waals surface area contributed by atoms with Gasteiger partial charge in [-0.25, -0.2) is 0 Å². The molecule has 3 nitrogen and oxygen atoms in total. The largest absolute Gasteiger partial charge is 0.481 e. The Morgan fingerprint density at radius 2 is 1.83 bits per heavy atom. The van der Waals surface area contributed by atoms with Crippen LogP contribution in [0.1, 0.15) is 92.4 Å². The van der Waals surface area contributed by atoms with Gasteiger partial charge in [-0.3, -0.25) is 9.59 Å². The Kier molecular flexibility index (Phi) is 6.65. The summed E-state index contributed by atoms with van der Waals surface area (Å²) in [6.45, 7) is 11.6. The maximum Gasteiger partial charge on any atom is 0.307 e. The SMILES string of the molecule is CC(C)CCC[C@H](C)[C@@H]1CC[C@@H]2[C@@H](C(=O)O)[C@@H]([C@]3(C)C=CC(=O)CC3)CC[C@@]21C. The van der Waals surface area contributed by atoms with Gasteiger partial charge in [0.15, 0.2) is 5.78 Å². The van der Waals surface area contributed by atoms with Gasteiger partial charge < -0.3 is 5.11 Å². The highest BCUT2D eigenvalue weighted by atomic mass is 16.4. The van der Waals surface area contributed by atoms with Crippen LogP contribution in [0.3, 0.4) is 0 Å². The summed E-state index contributed by atoms with van der Waals surface area (Å²) in [6, 6.07) is 0. The molecule has 0 aromatic carbocycles. The summed E-state index contributed by atoms with van der Waals surface area (Å²) in [4.78, 5) is 24.3. The van der Waals surface area contributed by atoms with Crippen LogP contribution >= 0.6 is 0 Å². The second-order valence-electron chi connectivity index (χ2n) is 11.4. The summed E-state index contributed by atoms with van der Waals surface area (Å²) in [5, 5.41) is 10.3. The van der Waals surface area contributed by atoms with E-state index in [0.717, 1.165) is 31.6 Å². The van der Waals surface area contributed by atoms with Gasteiger partial charge in [0.25, 0.3) is 0 Å². The standard InChI is InChI=1S/C26H42O3/c1-17(2)7-6-8-18(3)20-9-10-22-23(24(28)29)21(13-16-26(20,22)5)25(4)14-11-19(27)12-15-25/h11,14,17-18,20-23H,6-10,12-13,15-16H2,1-5H3,(H,28,29)/t18-,20-,21-,22+,23-,25+,26+/m0/s1. The van der Waals surface area contributed by atoms with Crippen LogP contribution in [0.2, 0.25) is 0 Å². The molecule has 3 heteroatoms. The molecule has 0 amide bonds. The fourth-order valence-corrected chi connectivity index (χ4v) is 7.40. The van der Waals surface area contributed by atoms with E-state index in [1.807, 2.05) is 6.08 Å². The third-order valence-corrected chi connectivity index (χ3v) is 9.16. The number of carbonyl (C=O) groups excluding carboxylic acids is 1. The maximum absolute atomic E-state index is 12.5. The number of rotatable bonds is 7. The summed E-state index contributed by atoms with van der Waals surface area (Å²) in [5.74, 6) is 1.83. The van der Waals surface area contributed by atoms with E-state index in [0.29, 0.717) is 18.3 Å². The average Bonchev–Trinajstić information content (AvgIpc) is 3.00. The first-order valence-corrected chi connectivity index (χ1v) is 12.0. The minimum atomic E-state index is -0.606. The molecule has 0 heterocycles. The first-order chi connectivity index (χ1) is 13.6. The molecule has 0 radical (unpaired) electrons. The maximum atomic E-state index is 12.5. The molecule has 7 atom stereocenters. The van der Waals surface area contributed by atoms with Crippen LogP contribution < -0.4 is 0 Å². The quantitative estimate of drug-likeness (QED) is 0.527. The summed E-state index contributed by atoms with van der Waals surface area (Å²) in [5.41, 5.74) is 0.000623. The minimum absolute atomic E-state index is 0.150. The molecule has 0 saturated heterocycles. The molecule has 0 spiro atoms. The van der Waals surface area contributed by atoms with E-state index < -0.39 is 5.97 Å². The van der Waals surface area contributed by atoms with Crippen molar-refractivity contribution >= 4 is 11.8 Å². The Labute approximate surface area is 177 Å². The number of allylic oxidation sites excluding steroid dienone is 2. The molecule has 2 saturated carbocycles. The Balaban J connectivity index is 1.79. The fourth-order valence-electron chi connectivity index (χ4n) is 7.40.